The average molecular weight is 318 g/mol. The summed E-state index contributed by atoms with van der Waals surface area (Å²) in [5, 5.41) is -0.244. The van der Waals surface area contributed by atoms with Crippen LogP contribution in [0.2, 0.25) is 5.02 Å². The van der Waals surface area contributed by atoms with E-state index >= 15 is 0 Å². The molecule has 0 atom stereocenters. The number of anilines is 1. The molecule has 0 fully saturated rings. The van der Waals surface area contributed by atoms with Crippen LogP contribution in [0.1, 0.15) is 5.56 Å². The maximum absolute atomic E-state index is 13.1. The van der Waals surface area contributed by atoms with Crippen LogP contribution < -0.4 is 4.72 Å². The third-order valence-electron chi connectivity index (χ3n) is 2.63. The first kappa shape index (κ1) is 14.7. The predicted molar refractivity (Wildman–Crippen MR) is 73.4 cm³/mol. The number of hydrogen-bond acceptors (Lipinski definition) is 2. The van der Waals surface area contributed by atoms with Crippen LogP contribution in [0.3, 0.4) is 0 Å². The highest BCUT2D eigenvalue weighted by molar-refractivity contribution is 7.92. The van der Waals surface area contributed by atoms with E-state index in [4.69, 9.17) is 11.6 Å². The smallest absolute Gasteiger partial charge is 0.263 e. The van der Waals surface area contributed by atoms with Gasteiger partial charge < -0.3 is 0 Å². The summed E-state index contributed by atoms with van der Waals surface area (Å²) in [6.07, 6.45) is 0. The Morgan fingerprint density at radius 3 is 2.30 bits per heavy atom. The van der Waals surface area contributed by atoms with Crippen LogP contribution in [-0.4, -0.2) is 8.42 Å². The third-order valence-corrected chi connectivity index (χ3v) is 4.48. The molecule has 7 heteroatoms. The Bertz CT molecular complexity index is 763. The van der Waals surface area contributed by atoms with Crippen LogP contribution in [0, 0.1) is 18.6 Å². The molecule has 0 heterocycles. The van der Waals surface area contributed by atoms with Crippen LogP contribution >= 0.6 is 11.6 Å². The maximum Gasteiger partial charge on any atom is 0.263 e. The Hall–Kier alpha value is -1.66. The van der Waals surface area contributed by atoms with Crippen molar-refractivity contribution in [1.29, 1.82) is 0 Å². The highest BCUT2D eigenvalue weighted by Crippen LogP contribution is 2.26. The van der Waals surface area contributed by atoms with Crippen LogP contribution in [-0.2, 0) is 10.0 Å². The van der Waals surface area contributed by atoms with Gasteiger partial charge in [-0.1, -0.05) is 17.7 Å². The highest BCUT2D eigenvalue weighted by atomic mass is 35.5. The van der Waals surface area contributed by atoms with E-state index in [-0.39, 0.29) is 15.6 Å². The van der Waals surface area contributed by atoms with Gasteiger partial charge >= 0.3 is 0 Å². The Morgan fingerprint density at radius 1 is 1.05 bits per heavy atom. The van der Waals surface area contributed by atoms with Gasteiger partial charge in [-0.25, -0.2) is 17.2 Å². The van der Waals surface area contributed by atoms with Crippen LogP contribution in [0.5, 0.6) is 0 Å². The van der Waals surface area contributed by atoms with Gasteiger partial charge in [0.15, 0.2) is 0 Å². The Kier molecular flexibility index (Phi) is 3.96. The number of aryl methyl sites for hydroxylation is 1. The summed E-state index contributed by atoms with van der Waals surface area (Å²) in [4.78, 5) is -0.274. The van der Waals surface area contributed by atoms with Crippen LogP contribution in [0.15, 0.2) is 41.3 Å². The van der Waals surface area contributed by atoms with Crippen molar-refractivity contribution in [2.45, 2.75) is 11.8 Å². The van der Waals surface area contributed by atoms with Gasteiger partial charge in [0.2, 0.25) is 0 Å². The van der Waals surface area contributed by atoms with Crippen molar-refractivity contribution < 1.29 is 17.2 Å². The largest absolute Gasteiger partial charge is 0.279 e. The molecule has 3 nitrogen and oxygen atoms in total. The normalized spacial score (nSPS) is 11.4. The van der Waals surface area contributed by atoms with Crippen molar-refractivity contribution in [3.63, 3.8) is 0 Å². The first-order chi connectivity index (χ1) is 9.29. The van der Waals surface area contributed by atoms with Gasteiger partial charge in [0.1, 0.15) is 16.5 Å². The fourth-order valence-electron chi connectivity index (χ4n) is 1.60. The minimum absolute atomic E-state index is 0.102. The molecule has 0 radical (unpaired) electrons. The maximum atomic E-state index is 13.1. The fraction of sp³-hybridized carbons (Fsp3) is 0.0769. The molecule has 20 heavy (non-hydrogen) atoms. The zero-order chi connectivity index (χ0) is 14.9. The van der Waals surface area contributed by atoms with E-state index in [0.717, 1.165) is 24.3 Å². The van der Waals surface area contributed by atoms with E-state index in [2.05, 4.69) is 4.72 Å². The lowest BCUT2D eigenvalue weighted by Crippen LogP contribution is -2.14. The minimum atomic E-state index is -4.02. The van der Waals surface area contributed by atoms with Gasteiger partial charge in [0.25, 0.3) is 10.0 Å². The van der Waals surface area contributed by atoms with Crippen molar-refractivity contribution in [2.75, 3.05) is 4.72 Å². The standard InChI is InChI=1S/C13H10ClF2NO2S/c1-8-2-3-10(16)7-12(8)17-20(18,19)13-5-4-9(15)6-11(13)14/h2-7,17H,1H3. The summed E-state index contributed by atoms with van der Waals surface area (Å²) in [5.41, 5.74) is 0.651. The lowest BCUT2D eigenvalue weighted by atomic mass is 10.2. The summed E-state index contributed by atoms with van der Waals surface area (Å²) in [7, 11) is -4.02. The summed E-state index contributed by atoms with van der Waals surface area (Å²) in [6, 6.07) is 6.66. The molecule has 106 valence electrons. The van der Waals surface area contributed by atoms with E-state index in [1.165, 1.54) is 12.1 Å². The van der Waals surface area contributed by atoms with E-state index in [1.54, 1.807) is 6.92 Å². The second kappa shape index (κ2) is 5.38. The number of hydrogen-bond donors (Lipinski definition) is 1. The molecule has 0 aliphatic carbocycles. The van der Waals surface area contributed by atoms with E-state index in [9.17, 15) is 17.2 Å². The number of halogens is 3. The molecular weight excluding hydrogens is 308 g/mol. The molecule has 0 amide bonds. The van der Waals surface area contributed by atoms with Gasteiger partial charge in [-0.3, -0.25) is 4.72 Å². The molecule has 2 rings (SSSR count). The van der Waals surface area contributed by atoms with Crippen molar-refractivity contribution in [3.8, 4) is 0 Å². The molecule has 0 aromatic heterocycles. The van der Waals surface area contributed by atoms with E-state index in [0.29, 0.717) is 5.56 Å². The zero-order valence-corrected chi connectivity index (χ0v) is 11.9. The highest BCUT2D eigenvalue weighted by Gasteiger charge is 2.19. The van der Waals surface area contributed by atoms with Crippen LogP contribution in [0.25, 0.3) is 0 Å². The quantitative estimate of drug-likeness (QED) is 0.937. The first-order valence-electron chi connectivity index (χ1n) is 5.53. The van der Waals surface area contributed by atoms with Gasteiger partial charge in [-0.15, -0.1) is 0 Å². The lowest BCUT2D eigenvalue weighted by Gasteiger charge is -2.11. The monoisotopic (exact) mass is 317 g/mol. The molecule has 0 unspecified atom stereocenters. The van der Waals surface area contributed by atoms with E-state index in [1.807, 2.05) is 0 Å². The zero-order valence-electron chi connectivity index (χ0n) is 10.3. The SMILES string of the molecule is Cc1ccc(F)cc1NS(=O)(=O)c1ccc(F)cc1Cl. The van der Waals surface area contributed by atoms with Crippen molar-refractivity contribution in [2.24, 2.45) is 0 Å². The van der Waals surface area contributed by atoms with Crippen molar-refractivity contribution in [1.82, 2.24) is 0 Å². The molecule has 0 saturated carbocycles. The summed E-state index contributed by atoms with van der Waals surface area (Å²) < 4.78 is 52.6. The topological polar surface area (TPSA) is 46.2 Å². The number of benzene rings is 2. The lowest BCUT2D eigenvalue weighted by molar-refractivity contribution is 0.599. The Balaban J connectivity index is 2.43. The fourth-order valence-corrected chi connectivity index (χ4v) is 3.25. The summed E-state index contributed by atoms with van der Waals surface area (Å²) in [5.74, 6) is -1.21. The van der Waals surface area contributed by atoms with Crippen LogP contribution in [0.4, 0.5) is 14.5 Å². The molecule has 2 aromatic rings. The number of rotatable bonds is 3. The second-order valence-corrected chi connectivity index (χ2v) is 6.20. The molecule has 0 bridgehead atoms. The summed E-state index contributed by atoms with van der Waals surface area (Å²) in [6.45, 7) is 1.63. The molecular formula is C13H10ClF2NO2S. The molecule has 0 spiro atoms. The van der Waals surface area contributed by atoms with Gasteiger partial charge in [-0.05, 0) is 42.8 Å². The molecule has 0 aliphatic heterocycles. The van der Waals surface area contributed by atoms with Gasteiger partial charge in [-0.2, -0.15) is 0 Å². The third kappa shape index (κ3) is 3.08. The molecule has 2 aromatic carbocycles. The number of sulfonamides is 1. The number of nitrogens with one attached hydrogen (secondary N) is 1. The minimum Gasteiger partial charge on any atom is -0.279 e. The van der Waals surface area contributed by atoms with E-state index < -0.39 is 21.7 Å². The van der Waals surface area contributed by atoms with Crippen molar-refractivity contribution >= 4 is 27.3 Å². The second-order valence-electron chi connectivity index (χ2n) is 4.14. The van der Waals surface area contributed by atoms with Crippen molar-refractivity contribution in [3.05, 3.63) is 58.6 Å². The van der Waals surface area contributed by atoms with Gasteiger partial charge in [0, 0.05) is 0 Å². The van der Waals surface area contributed by atoms with Gasteiger partial charge in [0.05, 0.1) is 10.7 Å². The average Bonchev–Trinajstić information content (AvgIpc) is 2.33. The summed E-state index contributed by atoms with van der Waals surface area (Å²) >= 11 is 5.72. The molecule has 1 N–H and O–H groups in total. The Morgan fingerprint density at radius 2 is 1.65 bits per heavy atom. The molecule has 0 aliphatic rings. The molecule has 0 saturated heterocycles. The first-order valence-corrected chi connectivity index (χ1v) is 7.40. The Labute approximate surface area is 120 Å². The predicted octanol–water partition coefficient (Wildman–Crippen LogP) is 3.73.